The van der Waals surface area contributed by atoms with Gasteiger partial charge >= 0.3 is 0 Å². The van der Waals surface area contributed by atoms with Crippen LogP contribution < -0.4 is 5.32 Å². The highest BCUT2D eigenvalue weighted by atomic mass is 15.1. The van der Waals surface area contributed by atoms with Gasteiger partial charge in [-0.15, -0.1) is 0 Å². The van der Waals surface area contributed by atoms with Crippen molar-refractivity contribution < 1.29 is 0 Å². The molecule has 19 heavy (non-hydrogen) atoms. The standard InChI is InChI=1S/C16H17N3/c1-11-6-4-5-7-13(11)16-18-14-9-8-12(17-2)10-15(14)19(16)3/h4-10,17H,1-3H3. The van der Waals surface area contributed by atoms with Crippen molar-refractivity contribution in [2.24, 2.45) is 7.05 Å². The molecule has 1 heterocycles. The Morgan fingerprint density at radius 3 is 2.63 bits per heavy atom. The predicted molar refractivity (Wildman–Crippen MR) is 80.4 cm³/mol. The van der Waals surface area contributed by atoms with Crippen LogP contribution in [-0.2, 0) is 7.05 Å². The minimum atomic E-state index is 1.02. The first kappa shape index (κ1) is 11.8. The zero-order valence-electron chi connectivity index (χ0n) is 11.4. The maximum Gasteiger partial charge on any atom is 0.141 e. The second-order valence-electron chi connectivity index (χ2n) is 4.76. The number of rotatable bonds is 2. The molecule has 0 unspecified atom stereocenters. The summed E-state index contributed by atoms with van der Waals surface area (Å²) >= 11 is 0. The summed E-state index contributed by atoms with van der Waals surface area (Å²) < 4.78 is 2.15. The smallest absolute Gasteiger partial charge is 0.141 e. The number of anilines is 1. The number of hydrogen-bond acceptors (Lipinski definition) is 2. The highest BCUT2D eigenvalue weighted by Gasteiger charge is 2.11. The minimum absolute atomic E-state index is 1.02. The molecule has 0 aliphatic heterocycles. The Morgan fingerprint density at radius 1 is 1.11 bits per heavy atom. The van der Waals surface area contributed by atoms with Gasteiger partial charge in [0.1, 0.15) is 5.82 Å². The average molecular weight is 251 g/mol. The summed E-state index contributed by atoms with van der Waals surface area (Å²) in [6.07, 6.45) is 0. The molecule has 3 heteroatoms. The number of aryl methyl sites for hydroxylation is 2. The number of nitrogens with zero attached hydrogens (tertiary/aromatic N) is 2. The molecule has 0 atom stereocenters. The Hall–Kier alpha value is -2.29. The molecule has 0 bridgehead atoms. The van der Waals surface area contributed by atoms with Crippen molar-refractivity contribution in [1.29, 1.82) is 0 Å². The molecule has 3 aromatic rings. The van der Waals surface area contributed by atoms with Crippen LogP contribution in [0.15, 0.2) is 42.5 Å². The topological polar surface area (TPSA) is 29.9 Å². The quantitative estimate of drug-likeness (QED) is 0.754. The summed E-state index contributed by atoms with van der Waals surface area (Å²) in [5.41, 5.74) is 5.71. The van der Waals surface area contributed by atoms with Crippen LogP contribution in [0.2, 0.25) is 0 Å². The summed E-state index contributed by atoms with van der Waals surface area (Å²) in [4.78, 5) is 4.75. The van der Waals surface area contributed by atoms with Crippen molar-refractivity contribution in [3.05, 3.63) is 48.0 Å². The van der Waals surface area contributed by atoms with Gasteiger partial charge in [0.15, 0.2) is 0 Å². The highest BCUT2D eigenvalue weighted by Crippen LogP contribution is 2.27. The predicted octanol–water partition coefficient (Wildman–Crippen LogP) is 3.59. The first-order valence-electron chi connectivity index (χ1n) is 6.41. The van der Waals surface area contributed by atoms with E-state index in [9.17, 15) is 0 Å². The van der Waals surface area contributed by atoms with Crippen molar-refractivity contribution in [2.45, 2.75) is 6.92 Å². The van der Waals surface area contributed by atoms with Gasteiger partial charge < -0.3 is 9.88 Å². The molecule has 0 aliphatic rings. The zero-order chi connectivity index (χ0) is 13.4. The van der Waals surface area contributed by atoms with Crippen LogP contribution in [0, 0.1) is 6.92 Å². The monoisotopic (exact) mass is 251 g/mol. The minimum Gasteiger partial charge on any atom is -0.388 e. The molecular weight excluding hydrogens is 234 g/mol. The lowest BCUT2D eigenvalue weighted by Crippen LogP contribution is -1.94. The molecule has 1 N–H and O–H groups in total. The molecule has 0 saturated carbocycles. The van der Waals surface area contributed by atoms with Gasteiger partial charge in [-0.05, 0) is 30.7 Å². The first-order chi connectivity index (χ1) is 9.20. The van der Waals surface area contributed by atoms with E-state index in [1.165, 1.54) is 11.1 Å². The van der Waals surface area contributed by atoms with Crippen molar-refractivity contribution in [2.75, 3.05) is 12.4 Å². The van der Waals surface area contributed by atoms with Gasteiger partial charge in [0, 0.05) is 25.3 Å². The molecule has 0 saturated heterocycles. The highest BCUT2D eigenvalue weighted by molar-refractivity contribution is 5.84. The van der Waals surface area contributed by atoms with Gasteiger partial charge in [0.2, 0.25) is 0 Å². The number of hydrogen-bond donors (Lipinski definition) is 1. The van der Waals surface area contributed by atoms with Crippen molar-refractivity contribution in [3.8, 4) is 11.4 Å². The number of fused-ring (bicyclic) bond motifs is 1. The summed E-state index contributed by atoms with van der Waals surface area (Å²) in [7, 11) is 4.00. The summed E-state index contributed by atoms with van der Waals surface area (Å²) in [6.45, 7) is 2.12. The molecule has 1 aromatic heterocycles. The molecule has 3 rings (SSSR count). The summed E-state index contributed by atoms with van der Waals surface area (Å²) in [6, 6.07) is 14.6. The van der Waals surface area contributed by atoms with Crippen LogP contribution >= 0.6 is 0 Å². The lowest BCUT2D eigenvalue weighted by molar-refractivity contribution is 0.957. The summed E-state index contributed by atoms with van der Waals surface area (Å²) in [5, 5.41) is 3.17. The molecule has 0 spiro atoms. The molecule has 96 valence electrons. The van der Waals surface area contributed by atoms with E-state index >= 15 is 0 Å². The number of benzene rings is 2. The molecule has 0 radical (unpaired) electrons. The Bertz CT molecular complexity index is 741. The van der Waals surface area contributed by atoms with E-state index in [4.69, 9.17) is 4.98 Å². The third-order valence-electron chi connectivity index (χ3n) is 3.56. The fraction of sp³-hybridized carbons (Fsp3) is 0.188. The summed E-state index contributed by atoms with van der Waals surface area (Å²) in [5.74, 6) is 1.02. The Balaban J connectivity index is 2.26. The van der Waals surface area contributed by atoms with Crippen molar-refractivity contribution in [3.63, 3.8) is 0 Å². The van der Waals surface area contributed by atoms with Crippen molar-refractivity contribution >= 4 is 16.7 Å². The number of aromatic nitrogens is 2. The van der Waals surface area contributed by atoms with E-state index in [-0.39, 0.29) is 0 Å². The van der Waals surface area contributed by atoms with Gasteiger partial charge in [-0.25, -0.2) is 4.98 Å². The lowest BCUT2D eigenvalue weighted by Gasteiger charge is -2.06. The Morgan fingerprint density at radius 2 is 1.89 bits per heavy atom. The fourth-order valence-electron chi connectivity index (χ4n) is 2.41. The van der Waals surface area contributed by atoms with Crippen LogP contribution in [0.5, 0.6) is 0 Å². The third-order valence-corrected chi connectivity index (χ3v) is 3.56. The van der Waals surface area contributed by atoms with Gasteiger partial charge in [-0.2, -0.15) is 0 Å². The molecule has 0 amide bonds. The van der Waals surface area contributed by atoms with Crippen LogP contribution in [-0.4, -0.2) is 16.6 Å². The van der Waals surface area contributed by atoms with E-state index in [0.717, 1.165) is 22.5 Å². The SMILES string of the molecule is CNc1ccc2nc(-c3ccccc3C)n(C)c2c1. The van der Waals surface area contributed by atoms with Gasteiger partial charge in [-0.3, -0.25) is 0 Å². The molecule has 0 aliphatic carbocycles. The largest absolute Gasteiger partial charge is 0.388 e. The van der Waals surface area contributed by atoms with E-state index in [0.29, 0.717) is 0 Å². The number of imidazole rings is 1. The molecule has 3 nitrogen and oxygen atoms in total. The fourth-order valence-corrected chi connectivity index (χ4v) is 2.41. The number of nitrogens with one attached hydrogen (secondary N) is 1. The van der Waals surface area contributed by atoms with E-state index < -0.39 is 0 Å². The van der Waals surface area contributed by atoms with Crippen LogP contribution in [0.25, 0.3) is 22.4 Å². The van der Waals surface area contributed by atoms with Gasteiger partial charge in [-0.1, -0.05) is 24.3 Å². The lowest BCUT2D eigenvalue weighted by atomic mass is 10.1. The van der Waals surface area contributed by atoms with Crippen LogP contribution in [0.3, 0.4) is 0 Å². The second kappa shape index (κ2) is 4.43. The van der Waals surface area contributed by atoms with Crippen LogP contribution in [0.4, 0.5) is 5.69 Å². The normalized spacial score (nSPS) is 10.9. The van der Waals surface area contributed by atoms with Crippen LogP contribution in [0.1, 0.15) is 5.56 Å². The average Bonchev–Trinajstić information content (AvgIpc) is 2.76. The second-order valence-corrected chi connectivity index (χ2v) is 4.76. The van der Waals surface area contributed by atoms with Crippen molar-refractivity contribution in [1.82, 2.24) is 9.55 Å². The van der Waals surface area contributed by atoms with E-state index in [1.807, 2.05) is 7.05 Å². The first-order valence-corrected chi connectivity index (χ1v) is 6.41. The van der Waals surface area contributed by atoms with E-state index in [1.54, 1.807) is 0 Å². The molecule has 0 fully saturated rings. The van der Waals surface area contributed by atoms with Gasteiger partial charge in [0.25, 0.3) is 0 Å². The Labute approximate surface area is 112 Å². The third kappa shape index (κ3) is 1.87. The molecular formula is C16H17N3. The Kier molecular flexibility index (Phi) is 2.75. The zero-order valence-corrected chi connectivity index (χ0v) is 11.4. The van der Waals surface area contributed by atoms with Gasteiger partial charge in [0.05, 0.1) is 11.0 Å². The van der Waals surface area contributed by atoms with E-state index in [2.05, 4.69) is 66.3 Å². The maximum absolute atomic E-state index is 4.75. The maximum atomic E-state index is 4.75. The molecule has 2 aromatic carbocycles.